The number of aromatic nitrogens is 2. The Kier molecular flexibility index (Phi) is 4.58. The SMILES string of the molecule is CCC1c2ncccc2C(=O)N(C)c2ccc(OS(=O)(=O)C(F)(F)F)nc21. The van der Waals surface area contributed by atoms with Crippen LogP contribution < -0.4 is 9.08 Å². The van der Waals surface area contributed by atoms with Gasteiger partial charge in [0.2, 0.25) is 5.88 Å². The Hall–Kier alpha value is -2.69. The molecule has 0 saturated heterocycles. The minimum Gasteiger partial charge on any atom is -0.355 e. The molecule has 1 amide bonds. The molecule has 0 N–H and O–H groups in total. The van der Waals surface area contributed by atoms with Gasteiger partial charge in [0, 0.05) is 25.2 Å². The van der Waals surface area contributed by atoms with E-state index < -0.39 is 27.4 Å². The maximum absolute atomic E-state index is 12.7. The molecule has 144 valence electrons. The number of rotatable bonds is 3. The van der Waals surface area contributed by atoms with Gasteiger partial charge in [-0.25, -0.2) is 4.98 Å². The van der Waals surface area contributed by atoms with Gasteiger partial charge in [0.15, 0.2) is 0 Å². The second kappa shape index (κ2) is 6.48. The molecule has 0 fully saturated rings. The first-order chi connectivity index (χ1) is 12.6. The number of carbonyl (C=O) groups is 1. The van der Waals surface area contributed by atoms with E-state index in [0.717, 1.165) is 6.07 Å². The predicted octanol–water partition coefficient (Wildman–Crippen LogP) is 2.84. The van der Waals surface area contributed by atoms with Crippen LogP contribution in [0.5, 0.6) is 5.88 Å². The topological polar surface area (TPSA) is 89.5 Å². The van der Waals surface area contributed by atoms with Crippen LogP contribution >= 0.6 is 0 Å². The molecule has 11 heteroatoms. The number of hydrogen-bond donors (Lipinski definition) is 0. The van der Waals surface area contributed by atoms with E-state index in [-0.39, 0.29) is 11.6 Å². The molecule has 7 nitrogen and oxygen atoms in total. The van der Waals surface area contributed by atoms with Gasteiger partial charge in [0.25, 0.3) is 5.91 Å². The second-order valence-electron chi connectivity index (χ2n) is 5.80. The number of pyridine rings is 2. The fourth-order valence-electron chi connectivity index (χ4n) is 2.88. The molecule has 0 radical (unpaired) electrons. The maximum atomic E-state index is 12.7. The third kappa shape index (κ3) is 3.22. The Morgan fingerprint density at radius 3 is 2.56 bits per heavy atom. The third-order valence-corrected chi connectivity index (χ3v) is 5.12. The molecule has 0 spiro atoms. The van der Waals surface area contributed by atoms with Crippen molar-refractivity contribution in [2.45, 2.75) is 24.8 Å². The van der Waals surface area contributed by atoms with Gasteiger partial charge in [-0.2, -0.15) is 21.6 Å². The molecule has 2 aromatic heterocycles. The van der Waals surface area contributed by atoms with Crippen LogP contribution in [0.1, 0.15) is 41.0 Å². The van der Waals surface area contributed by atoms with Gasteiger partial charge < -0.3 is 9.08 Å². The smallest absolute Gasteiger partial charge is 0.355 e. The lowest BCUT2D eigenvalue weighted by molar-refractivity contribution is -0.0501. The number of carbonyl (C=O) groups excluding carboxylic acids is 1. The van der Waals surface area contributed by atoms with E-state index in [1.807, 2.05) is 0 Å². The molecule has 0 aliphatic carbocycles. The van der Waals surface area contributed by atoms with Gasteiger partial charge >= 0.3 is 15.6 Å². The number of anilines is 1. The Morgan fingerprint density at radius 1 is 1.22 bits per heavy atom. The maximum Gasteiger partial charge on any atom is 0.534 e. The minimum absolute atomic E-state index is 0.209. The zero-order valence-corrected chi connectivity index (χ0v) is 15.0. The van der Waals surface area contributed by atoms with Crippen molar-refractivity contribution in [1.82, 2.24) is 9.97 Å². The van der Waals surface area contributed by atoms with Crippen molar-refractivity contribution >= 4 is 21.7 Å². The van der Waals surface area contributed by atoms with Gasteiger partial charge in [-0.15, -0.1) is 0 Å². The van der Waals surface area contributed by atoms with Crippen LogP contribution in [-0.2, 0) is 10.1 Å². The molecule has 2 aromatic rings. The first-order valence-electron chi connectivity index (χ1n) is 7.81. The summed E-state index contributed by atoms with van der Waals surface area (Å²) >= 11 is 0. The molecule has 27 heavy (non-hydrogen) atoms. The molecule has 1 aliphatic rings. The summed E-state index contributed by atoms with van der Waals surface area (Å²) in [6, 6.07) is 5.48. The monoisotopic (exact) mass is 401 g/mol. The summed E-state index contributed by atoms with van der Waals surface area (Å²) < 4.78 is 64.4. The van der Waals surface area contributed by atoms with E-state index in [9.17, 15) is 26.4 Å². The molecule has 0 bridgehead atoms. The highest BCUT2D eigenvalue weighted by molar-refractivity contribution is 7.87. The first-order valence-corrected chi connectivity index (χ1v) is 9.22. The van der Waals surface area contributed by atoms with E-state index >= 15 is 0 Å². The Bertz CT molecular complexity index is 1010. The highest BCUT2D eigenvalue weighted by Gasteiger charge is 2.49. The molecular formula is C16H14F3N3O4S. The van der Waals surface area contributed by atoms with Crippen LogP contribution in [0.25, 0.3) is 0 Å². The number of halogens is 3. The molecule has 3 rings (SSSR count). The van der Waals surface area contributed by atoms with Crippen molar-refractivity contribution in [2.75, 3.05) is 11.9 Å². The van der Waals surface area contributed by atoms with Gasteiger partial charge in [-0.1, -0.05) is 6.92 Å². The number of alkyl halides is 3. The van der Waals surface area contributed by atoms with Gasteiger partial charge in [0.05, 0.1) is 22.6 Å². The van der Waals surface area contributed by atoms with Crippen molar-refractivity contribution < 1.29 is 30.6 Å². The lowest BCUT2D eigenvalue weighted by atomic mass is 9.94. The van der Waals surface area contributed by atoms with Gasteiger partial charge in [0.1, 0.15) is 0 Å². The van der Waals surface area contributed by atoms with Crippen LogP contribution in [0.2, 0.25) is 0 Å². The van der Waals surface area contributed by atoms with E-state index in [1.165, 1.54) is 24.2 Å². The Balaban J connectivity index is 2.15. The quantitative estimate of drug-likeness (QED) is 0.580. The summed E-state index contributed by atoms with van der Waals surface area (Å²) in [6.45, 7) is 1.80. The molecule has 0 aromatic carbocycles. The summed E-state index contributed by atoms with van der Waals surface area (Å²) in [4.78, 5) is 22.2. The number of hydrogen-bond acceptors (Lipinski definition) is 6. The van der Waals surface area contributed by atoms with Gasteiger partial charge in [-0.05, 0) is 24.6 Å². The van der Waals surface area contributed by atoms with E-state index in [2.05, 4.69) is 14.2 Å². The average Bonchev–Trinajstić information content (AvgIpc) is 2.68. The van der Waals surface area contributed by atoms with Crippen molar-refractivity contribution in [3.05, 3.63) is 47.4 Å². The fourth-order valence-corrected chi connectivity index (χ4v) is 3.29. The Morgan fingerprint density at radius 2 is 1.93 bits per heavy atom. The van der Waals surface area contributed by atoms with Crippen molar-refractivity contribution in [2.24, 2.45) is 0 Å². The molecular weight excluding hydrogens is 387 g/mol. The minimum atomic E-state index is -5.85. The lowest BCUT2D eigenvalue weighted by Crippen LogP contribution is -2.29. The average molecular weight is 401 g/mol. The zero-order chi connectivity index (χ0) is 20.0. The molecule has 1 aliphatic heterocycles. The summed E-state index contributed by atoms with van der Waals surface area (Å²) in [5.74, 6) is -1.61. The normalized spacial score (nSPS) is 17.1. The summed E-state index contributed by atoms with van der Waals surface area (Å²) in [5.41, 5.74) is -4.27. The fraction of sp³-hybridized carbons (Fsp3) is 0.312. The highest BCUT2D eigenvalue weighted by atomic mass is 32.2. The second-order valence-corrected chi connectivity index (χ2v) is 7.34. The molecule has 3 heterocycles. The highest BCUT2D eigenvalue weighted by Crippen LogP contribution is 2.39. The summed E-state index contributed by atoms with van der Waals surface area (Å²) in [7, 11) is -4.36. The van der Waals surface area contributed by atoms with E-state index in [4.69, 9.17) is 0 Å². The lowest BCUT2D eigenvalue weighted by Gasteiger charge is -2.19. The van der Waals surface area contributed by atoms with Crippen LogP contribution in [0.15, 0.2) is 30.5 Å². The van der Waals surface area contributed by atoms with Crippen molar-refractivity contribution in [3.63, 3.8) is 0 Å². The molecule has 0 saturated carbocycles. The van der Waals surface area contributed by atoms with Crippen molar-refractivity contribution in [1.29, 1.82) is 0 Å². The number of fused-ring (bicyclic) bond motifs is 2. The standard InChI is InChI=1S/C16H14F3N3O4S/c1-3-9-13-10(5-4-8-20-13)15(23)22(2)11-6-7-12(21-14(9)11)26-27(24,25)16(17,18)19/h4-9H,3H2,1-2H3. The number of nitrogens with zero attached hydrogens (tertiary/aromatic N) is 3. The third-order valence-electron chi connectivity index (χ3n) is 4.16. The largest absolute Gasteiger partial charge is 0.534 e. The van der Waals surface area contributed by atoms with Gasteiger partial charge in [-0.3, -0.25) is 9.78 Å². The van der Waals surface area contributed by atoms with E-state index in [1.54, 1.807) is 19.1 Å². The molecule has 1 unspecified atom stereocenters. The van der Waals surface area contributed by atoms with Crippen molar-refractivity contribution in [3.8, 4) is 5.88 Å². The zero-order valence-electron chi connectivity index (χ0n) is 14.2. The summed E-state index contributed by atoms with van der Waals surface area (Å²) in [5, 5.41) is 0. The van der Waals surface area contributed by atoms with Crippen LogP contribution in [0.4, 0.5) is 18.9 Å². The summed E-state index contributed by atoms with van der Waals surface area (Å²) in [6.07, 6.45) is 1.93. The van der Waals surface area contributed by atoms with Crippen LogP contribution in [0.3, 0.4) is 0 Å². The number of amides is 1. The molecule has 1 atom stereocenters. The van der Waals surface area contributed by atoms with E-state index in [0.29, 0.717) is 23.4 Å². The first kappa shape index (κ1) is 19.1. The Labute approximate surface area is 152 Å². The van der Waals surface area contributed by atoms with Crippen LogP contribution in [0, 0.1) is 0 Å². The predicted molar refractivity (Wildman–Crippen MR) is 88.9 cm³/mol. The van der Waals surface area contributed by atoms with Crippen LogP contribution in [-0.4, -0.2) is 36.8 Å².